The molecule has 0 radical (unpaired) electrons. The van der Waals surface area contributed by atoms with E-state index in [1.165, 1.54) is 0 Å². The molecule has 0 aliphatic rings. The van der Waals surface area contributed by atoms with Crippen LogP contribution in [-0.2, 0) is 17.6 Å². The first-order valence-electron chi connectivity index (χ1n) is 4.46. The maximum atomic E-state index is 5.34. The molecule has 0 aliphatic carbocycles. The zero-order chi connectivity index (χ0) is 9.52. The van der Waals surface area contributed by atoms with Crippen LogP contribution in [0.5, 0.6) is 0 Å². The second kappa shape index (κ2) is 5.66. The van der Waals surface area contributed by atoms with Gasteiger partial charge in [-0.1, -0.05) is 5.16 Å². The first-order valence-corrected chi connectivity index (χ1v) is 4.46. The summed E-state index contributed by atoms with van der Waals surface area (Å²) in [7, 11) is 0. The fourth-order valence-corrected chi connectivity index (χ4v) is 0.925. The van der Waals surface area contributed by atoms with Gasteiger partial charge in [0.05, 0.1) is 6.61 Å². The van der Waals surface area contributed by atoms with Crippen molar-refractivity contribution in [1.82, 2.24) is 10.1 Å². The fraction of sp³-hybridized carbons (Fsp3) is 0.750. The third-order valence-electron chi connectivity index (χ3n) is 1.54. The molecule has 5 heteroatoms. The van der Waals surface area contributed by atoms with E-state index in [0.717, 1.165) is 0 Å². The average Bonchev–Trinajstić information content (AvgIpc) is 2.54. The number of hydrogen-bond donors (Lipinski definition) is 1. The van der Waals surface area contributed by atoms with E-state index in [1.807, 2.05) is 6.92 Å². The Kier molecular flexibility index (Phi) is 4.42. The van der Waals surface area contributed by atoms with Crippen molar-refractivity contribution >= 4 is 0 Å². The fourth-order valence-electron chi connectivity index (χ4n) is 0.925. The first-order chi connectivity index (χ1) is 6.36. The summed E-state index contributed by atoms with van der Waals surface area (Å²) in [4.78, 5) is 4.13. The molecular weight excluding hydrogens is 170 g/mol. The van der Waals surface area contributed by atoms with Gasteiger partial charge < -0.3 is 15.0 Å². The molecule has 0 fully saturated rings. The molecule has 2 N–H and O–H groups in total. The van der Waals surface area contributed by atoms with Crippen LogP contribution in [0.2, 0.25) is 0 Å². The van der Waals surface area contributed by atoms with E-state index in [0.29, 0.717) is 44.3 Å². The summed E-state index contributed by atoms with van der Waals surface area (Å²) in [6.45, 7) is 3.84. The van der Waals surface area contributed by atoms with Gasteiger partial charge in [-0.2, -0.15) is 4.98 Å². The van der Waals surface area contributed by atoms with Crippen LogP contribution in [0.1, 0.15) is 18.6 Å². The second-order valence-corrected chi connectivity index (χ2v) is 2.59. The molecule has 1 heterocycles. The van der Waals surface area contributed by atoms with Gasteiger partial charge >= 0.3 is 0 Å². The number of nitrogens with zero attached hydrogens (tertiary/aromatic N) is 2. The van der Waals surface area contributed by atoms with Crippen LogP contribution < -0.4 is 5.73 Å². The van der Waals surface area contributed by atoms with E-state index in [1.54, 1.807) is 0 Å². The Morgan fingerprint density at radius 1 is 1.46 bits per heavy atom. The summed E-state index contributed by atoms with van der Waals surface area (Å²) in [5.41, 5.74) is 5.34. The minimum absolute atomic E-state index is 0.535. The molecule has 0 aromatic carbocycles. The van der Waals surface area contributed by atoms with Crippen LogP contribution in [0.3, 0.4) is 0 Å². The van der Waals surface area contributed by atoms with E-state index >= 15 is 0 Å². The lowest BCUT2D eigenvalue weighted by Gasteiger charge is -1.94. The van der Waals surface area contributed by atoms with Gasteiger partial charge in [0.2, 0.25) is 5.89 Å². The number of rotatable bonds is 6. The van der Waals surface area contributed by atoms with Gasteiger partial charge in [-0.05, 0) is 6.92 Å². The van der Waals surface area contributed by atoms with Crippen molar-refractivity contribution < 1.29 is 9.26 Å². The number of nitrogens with two attached hydrogens (primary N) is 1. The number of hydrogen-bond acceptors (Lipinski definition) is 5. The summed E-state index contributed by atoms with van der Waals surface area (Å²) in [5, 5.41) is 3.78. The van der Waals surface area contributed by atoms with Crippen LogP contribution in [0.25, 0.3) is 0 Å². The summed E-state index contributed by atoms with van der Waals surface area (Å²) in [6.07, 6.45) is 1.34. The number of aromatic nitrogens is 2. The van der Waals surface area contributed by atoms with Gasteiger partial charge in [0.15, 0.2) is 5.82 Å². The molecule has 1 aromatic heterocycles. The molecule has 0 spiro atoms. The largest absolute Gasteiger partial charge is 0.381 e. The molecule has 0 bridgehead atoms. The average molecular weight is 185 g/mol. The summed E-state index contributed by atoms with van der Waals surface area (Å²) in [5.74, 6) is 1.30. The van der Waals surface area contributed by atoms with E-state index in [9.17, 15) is 0 Å². The predicted molar refractivity (Wildman–Crippen MR) is 47.3 cm³/mol. The van der Waals surface area contributed by atoms with Crippen molar-refractivity contribution in [3.05, 3.63) is 11.7 Å². The molecule has 74 valence electrons. The summed E-state index contributed by atoms with van der Waals surface area (Å²) < 4.78 is 10.1. The highest BCUT2D eigenvalue weighted by Gasteiger charge is 2.04. The highest BCUT2D eigenvalue weighted by Crippen LogP contribution is 1.98. The van der Waals surface area contributed by atoms with Crippen molar-refractivity contribution in [2.45, 2.75) is 19.8 Å². The number of ether oxygens (including phenoxy) is 1. The van der Waals surface area contributed by atoms with Crippen LogP contribution >= 0.6 is 0 Å². The first kappa shape index (κ1) is 10.1. The van der Waals surface area contributed by atoms with Gasteiger partial charge in [0.1, 0.15) is 0 Å². The predicted octanol–water partition coefficient (Wildman–Crippen LogP) is 0.150. The van der Waals surface area contributed by atoms with Crippen molar-refractivity contribution in [3.8, 4) is 0 Å². The van der Waals surface area contributed by atoms with Crippen LogP contribution in [0.15, 0.2) is 4.52 Å². The van der Waals surface area contributed by atoms with Gasteiger partial charge in [-0.25, -0.2) is 0 Å². The molecule has 0 unspecified atom stereocenters. The molecule has 0 aliphatic heterocycles. The SMILES string of the molecule is CCOCCc1noc(CCN)n1. The van der Waals surface area contributed by atoms with Crippen molar-refractivity contribution in [3.63, 3.8) is 0 Å². The molecule has 1 rings (SSSR count). The lowest BCUT2D eigenvalue weighted by Crippen LogP contribution is -2.03. The third kappa shape index (κ3) is 3.52. The quantitative estimate of drug-likeness (QED) is 0.638. The Morgan fingerprint density at radius 2 is 2.31 bits per heavy atom. The molecule has 1 aromatic rings. The lowest BCUT2D eigenvalue weighted by atomic mass is 10.4. The Labute approximate surface area is 77.3 Å². The summed E-state index contributed by atoms with van der Waals surface area (Å²) in [6, 6.07) is 0. The van der Waals surface area contributed by atoms with E-state index in [-0.39, 0.29) is 0 Å². The summed E-state index contributed by atoms with van der Waals surface area (Å²) >= 11 is 0. The molecule has 13 heavy (non-hydrogen) atoms. The lowest BCUT2D eigenvalue weighted by molar-refractivity contribution is 0.149. The standard InChI is InChI=1S/C8H15N3O2/c1-2-12-6-4-7-10-8(3-5-9)13-11-7/h2-6,9H2,1H3. The van der Waals surface area contributed by atoms with Crippen LogP contribution in [-0.4, -0.2) is 29.9 Å². The third-order valence-corrected chi connectivity index (χ3v) is 1.54. The van der Waals surface area contributed by atoms with Gasteiger partial charge in [-0.3, -0.25) is 0 Å². The maximum absolute atomic E-state index is 5.34. The van der Waals surface area contributed by atoms with Crippen LogP contribution in [0, 0.1) is 0 Å². The molecule has 5 nitrogen and oxygen atoms in total. The molecule has 0 saturated carbocycles. The Morgan fingerprint density at radius 3 is 3.00 bits per heavy atom. The van der Waals surface area contributed by atoms with Gasteiger partial charge in [0, 0.05) is 26.0 Å². The van der Waals surface area contributed by atoms with Crippen molar-refractivity contribution in [1.29, 1.82) is 0 Å². The smallest absolute Gasteiger partial charge is 0.227 e. The molecule has 0 saturated heterocycles. The Hall–Kier alpha value is -0.940. The van der Waals surface area contributed by atoms with Crippen LogP contribution in [0.4, 0.5) is 0 Å². The van der Waals surface area contributed by atoms with E-state index in [4.69, 9.17) is 15.0 Å². The normalized spacial score (nSPS) is 10.6. The Bertz CT molecular complexity index is 237. The van der Waals surface area contributed by atoms with Gasteiger partial charge in [-0.15, -0.1) is 0 Å². The maximum Gasteiger partial charge on any atom is 0.227 e. The van der Waals surface area contributed by atoms with E-state index < -0.39 is 0 Å². The van der Waals surface area contributed by atoms with Crippen molar-refractivity contribution in [2.75, 3.05) is 19.8 Å². The molecular formula is C8H15N3O2. The zero-order valence-electron chi connectivity index (χ0n) is 7.82. The minimum atomic E-state index is 0.535. The van der Waals surface area contributed by atoms with Crippen molar-refractivity contribution in [2.24, 2.45) is 5.73 Å². The molecule has 0 atom stereocenters. The highest BCUT2D eigenvalue weighted by molar-refractivity contribution is 4.86. The highest BCUT2D eigenvalue weighted by atomic mass is 16.5. The minimum Gasteiger partial charge on any atom is -0.381 e. The zero-order valence-corrected chi connectivity index (χ0v) is 7.82. The topological polar surface area (TPSA) is 74.2 Å². The Balaban J connectivity index is 2.31. The monoisotopic (exact) mass is 185 g/mol. The van der Waals surface area contributed by atoms with Gasteiger partial charge in [0.25, 0.3) is 0 Å². The molecule has 0 amide bonds. The second-order valence-electron chi connectivity index (χ2n) is 2.59. The van der Waals surface area contributed by atoms with E-state index in [2.05, 4.69) is 10.1 Å².